The number of aromatic amines is 1. The van der Waals surface area contributed by atoms with Crippen LogP contribution in [0.5, 0.6) is 0 Å². The Bertz CT molecular complexity index is 417. The molecule has 0 spiro atoms. The monoisotopic (exact) mass is 266 g/mol. The lowest BCUT2D eigenvalue weighted by molar-refractivity contribution is -0.120. The van der Waals surface area contributed by atoms with Crippen LogP contribution >= 0.6 is 0 Å². The van der Waals surface area contributed by atoms with Gasteiger partial charge in [0.05, 0.1) is 5.92 Å². The van der Waals surface area contributed by atoms with Crippen molar-refractivity contribution in [2.75, 3.05) is 11.9 Å². The van der Waals surface area contributed by atoms with Gasteiger partial charge in [0.1, 0.15) is 0 Å². The molecular formula is C14H26N4O. The van der Waals surface area contributed by atoms with E-state index in [4.69, 9.17) is 5.73 Å². The number of hydrogen-bond donors (Lipinski definition) is 3. The lowest BCUT2D eigenvalue weighted by Crippen LogP contribution is -2.30. The highest BCUT2D eigenvalue weighted by molar-refractivity contribution is 5.91. The quantitative estimate of drug-likeness (QED) is 0.764. The summed E-state index contributed by atoms with van der Waals surface area (Å²) in [6.07, 6.45) is 0.791. The first-order valence-electron chi connectivity index (χ1n) is 6.81. The van der Waals surface area contributed by atoms with Gasteiger partial charge in [-0.05, 0) is 12.3 Å². The minimum absolute atomic E-state index is 0.0127. The maximum atomic E-state index is 12.1. The highest BCUT2D eigenvalue weighted by Gasteiger charge is 2.21. The molecule has 1 atom stereocenters. The predicted octanol–water partition coefficient (Wildman–Crippen LogP) is 2.27. The lowest BCUT2D eigenvalue weighted by atomic mass is 9.92. The van der Waals surface area contributed by atoms with E-state index in [1.54, 1.807) is 0 Å². The van der Waals surface area contributed by atoms with Crippen LogP contribution in [0.1, 0.15) is 46.7 Å². The minimum Gasteiger partial charge on any atom is -0.330 e. The van der Waals surface area contributed by atoms with E-state index in [0.29, 0.717) is 18.3 Å². The molecule has 0 fully saturated rings. The fourth-order valence-corrected chi connectivity index (χ4v) is 1.88. The Kier molecular flexibility index (Phi) is 5.11. The van der Waals surface area contributed by atoms with Crippen molar-refractivity contribution in [3.05, 3.63) is 11.8 Å². The number of hydrogen-bond acceptors (Lipinski definition) is 3. The highest BCUT2D eigenvalue weighted by Crippen LogP contribution is 2.22. The van der Waals surface area contributed by atoms with Crippen molar-refractivity contribution in [3.8, 4) is 0 Å². The zero-order chi connectivity index (χ0) is 14.6. The summed E-state index contributed by atoms with van der Waals surface area (Å²) in [5.74, 6) is 0.804. The SMILES string of the molecule is CC(C)CC(CN)C(=O)Nc1cc(C(C)(C)C)[nH]n1. The Morgan fingerprint density at radius 2 is 2.11 bits per heavy atom. The average molecular weight is 266 g/mol. The number of carbonyl (C=O) groups excluding carboxylic acids is 1. The van der Waals surface area contributed by atoms with Crippen molar-refractivity contribution < 1.29 is 4.79 Å². The molecule has 5 nitrogen and oxygen atoms in total. The predicted molar refractivity (Wildman–Crippen MR) is 77.9 cm³/mol. The van der Waals surface area contributed by atoms with E-state index < -0.39 is 0 Å². The minimum atomic E-state index is -0.158. The van der Waals surface area contributed by atoms with Crippen LogP contribution in [-0.4, -0.2) is 22.6 Å². The fourth-order valence-electron chi connectivity index (χ4n) is 1.88. The van der Waals surface area contributed by atoms with Crippen LogP contribution in [0.3, 0.4) is 0 Å². The molecule has 0 aromatic carbocycles. The van der Waals surface area contributed by atoms with E-state index in [9.17, 15) is 4.79 Å². The molecule has 0 radical (unpaired) electrons. The summed E-state index contributed by atoms with van der Waals surface area (Å²) in [7, 11) is 0. The molecule has 4 N–H and O–H groups in total. The summed E-state index contributed by atoms with van der Waals surface area (Å²) in [5, 5.41) is 9.90. The van der Waals surface area contributed by atoms with Crippen LogP contribution < -0.4 is 11.1 Å². The molecule has 1 aromatic heterocycles. The summed E-state index contributed by atoms with van der Waals surface area (Å²) < 4.78 is 0. The number of carbonyl (C=O) groups is 1. The molecular weight excluding hydrogens is 240 g/mol. The van der Waals surface area contributed by atoms with Gasteiger partial charge in [0.2, 0.25) is 5.91 Å². The van der Waals surface area contributed by atoms with Crippen LogP contribution in [0.15, 0.2) is 6.07 Å². The second-order valence-corrected chi connectivity index (χ2v) is 6.47. The van der Waals surface area contributed by atoms with Crippen LogP contribution in [0.2, 0.25) is 0 Å². The Morgan fingerprint density at radius 1 is 1.47 bits per heavy atom. The number of aromatic nitrogens is 2. The van der Waals surface area contributed by atoms with Crippen LogP contribution in [0.25, 0.3) is 0 Å². The van der Waals surface area contributed by atoms with Gasteiger partial charge >= 0.3 is 0 Å². The molecule has 1 unspecified atom stereocenters. The summed E-state index contributed by atoms with van der Waals surface area (Å²) in [6.45, 7) is 10.8. The van der Waals surface area contributed by atoms with Crippen molar-refractivity contribution in [3.63, 3.8) is 0 Å². The summed E-state index contributed by atoms with van der Waals surface area (Å²) in [4.78, 5) is 12.1. The normalized spacial score (nSPS) is 13.6. The van der Waals surface area contributed by atoms with E-state index >= 15 is 0 Å². The molecule has 0 bridgehead atoms. The third kappa shape index (κ3) is 4.67. The standard InChI is InChI=1S/C14H26N4O/c1-9(2)6-10(8-15)13(19)16-12-7-11(17-18-12)14(3,4)5/h7,9-10H,6,8,15H2,1-5H3,(H2,16,17,18,19). The van der Waals surface area contributed by atoms with E-state index in [0.717, 1.165) is 12.1 Å². The van der Waals surface area contributed by atoms with E-state index in [-0.39, 0.29) is 17.2 Å². The van der Waals surface area contributed by atoms with Gasteiger partial charge in [0.15, 0.2) is 5.82 Å². The second kappa shape index (κ2) is 6.19. The molecule has 1 heterocycles. The van der Waals surface area contributed by atoms with Gasteiger partial charge in [-0.15, -0.1) is 0 Å². The molecule has 5 heteroatoms. The number of nitrogens with two attached hydrogens (primary N) is 1. The molecule has 0 aliphatic carbocycles. The Morgan fingerprint density at radius 3 is 2.53 bits per heavy atom. The lowest BCUT2D eigenvalue weighted by Gasteiger charge is -2.16. The highest BCUT2D eigenvalue weighted by atomic mass is 16.2. The molecule has 1 aromatic rings. The van der Waals surface area contributed by atoms with Crippen LogP contribution in [0.4, 0.5) is 5.82 Å². The van der Waals surface area contributed by atoms with Gasteiger partial charge in [-0.1, -0.05) is 34.6 Å². The van der Waals surface area contributed by atoms with E-state index in [1.807, 2.05) is 6.07 Å². The number of nitrogens with zero attached hydrogens (tertiary/aromatic N) is 1. The summed E-state index contributed by atoms with van der Waals surface area (Å²) in [6, 6.07) is 1.88. The smallest absolute Gasteiger partial charge is 0.229 e. The van der Waals surface area contributed by atoms with Crippen LogP contribution in [0, 0.1) is 11.8 Å². The van der Waals surface area contributed by atoms with Crippen molar-refractivity contribution in [2.45, 2.75) is 46.5 Å². The van der Waals surface area contributed by atoms with Gasteiger partial charge in [0, 0.05) is 23.7 Å². The molecule has 1 amide bonds. The average Bonchev–Trinajstić information content (AvgIpc) is 2.73. The Balaban J connectivity index is 2.68. The first kappa shape index (κ1) is 15.7. The van der Waals surface area contributed by atoms with Crippen molar-refractivity contribution in [2.24, 2.45) is 17.6 Å². The zero-order valence-electron chi connectivity index (χ0n) is 12.6. The van der Waals surface area contributed by atoms with Gasteiger partial charge in [-0.3, -0.25) is 9.89 Å². The molecule has 0 saturated carbocycles. The number of nitrogens with one attached hydrogen (secondary N) is 2. The number of amides is 1. The maximum Gasteiger partial charge on any atom is 0.229 e. The Labute approximate surface area is 115 Å². The number of anilines is 1. The number of rotatable bonds is 5. The second-order valence-electron chi connectivity index (χ2n) is 6.47. The molecule has 1 rings (SSSR count). The first-order valence-corrected chi connectivity index (χ1v) is 6.81. The zero-order valence-corrected chi connectivity index (χ0v) is 12.6. The topological polar surface area (TPSA) is 83.8 Å². The maximum absolute atomic E-state index is 12.1. The third-order valence-electron chi connectivity index (χ3n) is 3.05. The van der Waals surface area contributed by atoms with E-state index in [1.165, 1.54) is 0 Å². The molecule has 0 saturated heterocycles. The molecule has 19 heavy (non-hydrogen) atoms. The van der Waals surface area contributed by atoms with Crippen molar-refractivity contribution >= 4 is 11.7 Å². The first-order chi connectivity index (χ1) is 8.74. The summed E-state index contributed by atoms with van der Waals surface area (Å²) >= 11 is 0. The van der Waals surface area contributed by atoms with Gasteiger partial charge in [-0.25, -0.2) is 0 Å². The van der Waals surface area contributed by atoms with E-state index in [2.05, 4.69) is 50.1 Å². The summed E-state index contributed by atoms with van der Waals surface area (Å²) in [5.41, 5.74) is 6.64. The fraction of sp³-hybridized carbons (Fsp3) is 0.714. The molecule has 0 aliphatic heterocycles. The van der Waals surface area contributed by atoms with Gasteiger partial charge in [0.25, 0.3) is 0 Å². The largest absolute Gasteiger partial charge is 0.330 e. The van der Waals surface area contributed by atoms with Gasteiger partial charge < -0.3 is 11.1 Å². The Hall–Kier alpha value is -1.36. The molecule has 0 aliphatic rings. The molecule has 108 valence electrons. The van der Waals surface area contributed by atoms with Gasteiger partial charge in [-0.2, -0.15) is 5.10 Å². The third-order valence-corrected chi connectivity index (χ3v) is 3.05. The number of H-pyrrole nitrogens is 1. The van der Waals surface area contributed by atoms with Crippen molar-refractivity contribution in [1.29, 1.82) is 0 Å². The van der Waals surface area contributed by atoms with Crippen molar-refractivity contribution in [1.82, 2.24) is 10.2 Å². The van der Waals surface area contributed by atoms with Crippen LogP contribution in [-0.2, 0) is 10.2 Å².